The van der Waals surface area contributed by atoms with Crippen molar-refractivity contribution >= 4 is 23.6 Å². The van der Waals surface area contributed by atoms with E-state index in [4.69, 9.17) is 38.3 Å². The number of likely N-dealkylation sites (tertiary alicyclic amines) is 1. The number of aliphatic carboxylic acids is 1. The van der Waals surface area contributed by atoms with Crippen molar-refractivity contribution in [2.75, 3.05) is 48.7 Å². The van der Waals surface area contributed by atoms with Gasteiger partial charge in [0.2, 0.25) is 5.75 Å². The van der Waals surface area contributed by atoms with Gasteiger partial charge in [-0.15, -0.1) is 0 Å². The second-order valence-electron chi connectivity index (χ2n) is 11.2. The molecule has 0 aromatic heterocycles. The Morgan fingerprint density at radius 1 is 0.816 bits per heavy atom. The Kier molecular flexibility index (Phi) is 12.7. The summed E-state index contributed by atoms with van der Waals surface area (Å²) in [4.78, 5) is 53.5. The van der Waals surface area contributed by atoms with E-state index in [-0.39, 0.29) is 35.1 Å². The van der Waals surface area contributed by atoms with E-state index < -0.39 is 42.4 Å². The molecule has 1 aliphatic heterocycles. The predicted molar refractivity (Wildman–Crippen MR) is 176 cm³/mol. The highest BCUT2D eigenvalue weighted by Gasteiger charge is 2.38. The molecule has 1 saturated heterocycles. The molecule has 3 aromatic rings. The van der Waals surface area contributed by atoms with E-state index in [1.807, 2.05) is 12.1 Å². The SMILES string of the molecule is COc1ccc(CC[C@@H](OC(=O)C2CCCCN2C(=O)C(=O)c2cc(OC)c(OC)c(OC)c2)c2cccc(OCC(=O)O)c2)cc1OC. The van der Waals surface area contributed by atoms with Crippen LogP contribution in [0.15, 0.2) is 54.6 Å². The maximum atomic E-state index is 13.9. The highest BCUT2D eigenvalue weighted by Crippen LogP contribution is 2.39. The average molecular weight is 680 g/mol. The van der Waals surface area contributed by atoms with Crippen molar-refractivity contribution in [1.82, 2.24) is 4.90 Å². The van der Waals surface area contributed by atoms with Gasteiger partial charge < -0.3 is 43.2 Å². The Hall–Kier alpha value is -5.46. The van der Waals surface area contributed by atoms with Gasteiger partial charge in [-0.25, -0.2) is 9.59 Å². The van der Waals surface area contributed by atoms with Gasteiger partial charge in [0.15, 0.2) is 29.6 Å². The first-order valence-electron chi connectivity index (χ1n) is 15.6. The summed E-state index contributed by atoms with van der Waals surface area (Å²) in [5.41, 5.74) is 1.48. The fourth-order valence-electron chi connectivity index (χ4n) is 5.68. The van der Waals surface area contributed by atoms with E-state index in [1.54, 1.807) is 44.6 Å². The molecule has 1 aliphatic rings. The molecule has 4 rings (SSSR count). The van der Waals surface area contributed by atoms with Crippen LogP contribution in [0.3, 0.4) is 0 Å². The van der Waals surface area contributed by atoms with Crippen molar-refractivity contribution in [3.63, 3.8) is 0 Å². The van der Waals surface area contributed by atoms with Gasteiger partial charge in [-0.3, -0.25) is 9.59 Å². The van der Waals surface area contributed by atoms with Gasteiger partial charge in [0.1, 0.15) is 17.9 Å². The maximum absolute atomic E-state index is 13.9. The lowest BCUT2D eigenvalue weighted by Gasteiger charge is -2.34. The summed E-state index contributed by atoms with van der Waals surface area (Å²) in [6.07, 6.45) is 1.54. The standard InChI is InChI=1S/C36H41NO12/c1-43-28-15-13-22(17-29(28)44-2)12-14-27(23-9-8-10-25(18-23)48-21-32(38)39)49-36(42)26-11-6-7-16-37(26)35(41)33(40)24-19-30(45-3)34(47-5)31(20-24)46-4/h8-10,13,15,17-20,26-27H,6-7,11-12,14,16,21H2,1-5H3,(H,38,39)/t26?,27-/m1/s1. The van der Waals surface area contributed by atoms with Crippen LogP contribution in [-0.4, -0.2) is 88.4 Å². The number of carbonyl (C=O) groups is 4. The van der Waals surface area contributed by atoms with Crippen LogP contribution in [0, 0.1) is 0 Å². The van der Waals surface area contributed by atoms with Crippen molar-refractivity contribution in [3.05, 3.63) is 71.3 Å². The van der Waals surface area contributed by atoms with Crippen LogP contribution < -0.4 is 28.4 Å². The average Bonchev–Trinajstić information content (AvgIpc) is 3.14. The molecule has 1 amide bonds. The number of hydrogen-bond donors (Lipinski definition) is 1. The van der Waals surface area contributed by atoms with E-state index in [0.29, 0.717) is 49.2 Å². The molecule has 0 spiro atoms. The number of rotatable bonds is 16. The lowest BCUT2D eigenvalue weighted by atomic mass is 9.98. The Morgan fingerprint density at radius 2 is 1.51 bits per heavy atom. The zero-order chi connectivity index (χ0) is 35.5. The Labute approximate surface area is 284 Å². The van der Waals surface area contributed by atoms with Gasteiger partial charge in [0.05, 0.1) is 35.5 Å². The number of piperidine rings is 1. The number of carboxylic acid groups (broad SMARTS) is 1. The van der Waals surface area contributed by atoms with Gasteiger partial charge in [-0.2, -0.15) is 0 Å². The first kappa shape index (κ1) is 36.4. The molecule has 1 fully saturated rings. The molecule has 0 radical (unpaired) electrons. The number of hydrogen-bond acceptors (Lipinski definition) is 11. The molecule has 1 heterocycles. The number of methoxy groups -OCH3 is 5. The van der Waals surface area contributed by atoms with Crippen LogP contribution in [0.5, 0.6) is 34.5 Å². The molecule has 49 heavy (non-hydrogen) atoms. The lowest BCUT2D eigenvalue weighted by molar-refractivity contribution is -0.161. The van der Waals surface area contributed by atoms with Crippen molar-refractivity contribution in [3.8, 4) is 34.5 Å². The minimum absolute atomic E-state index is 0.0168. The monoisotopic (exact) mass is 679 g/mol. The fourth-order valence-corrected chi connectivity index (χ4v) is 5.68. The van der Waals surface area contributed by atoms with Gasteiger partial charge in [-0.05, 0) is 79.6 Å². The lowest BCUT2D eigenvalue weighted by Crippen LogP contribution is -2.51. The van der Waals surface area contributed by atoms with E-state index in [0.717, 1.165) is 5.56 Å². The molecule has 2 atom stereocenters. The van der Waals surface area contributed by atoms with Crippen LogP contribution in [0.1, 0.15) is 53.3 Å². The number of amides is 1. The number of ketones is 1. The van der Waals surface area contributed by atoms with Gasteiger partial charge in [0, 0.05) is 12.1 Å². The summed E-state index contributed by atoms with van der Waals surface area (Å²) >= 11 is 0. The van der Waals surface area contributed by atoms with Crippen molar-refractivity contribution in [2.45, 2.75) is 44.2 Å². The van der Waals surface area contributed by atoms with E-state index in [2.05, 4.69) is 0 Å². The van der Waals surface area contributed by atoms with Crippen molar-refractivity contribution in [1.29, 1.82) is 0 Å². The summed E-state index contributed by atoms with van der Waals surface area (Å²) < 4.78 is 38.3. The number of carbonyl (C=O) groups excluding carboxylic acids is 3. The van der Waals surface area contributed by atoms with Crippen molar-refractivity contribution < 1.29 is 57.4 Å². The second-order valence-corrected chi connectivity index (χ2v) is 11.2. The number of esters is 1. The molecule has 13 heteroatoms. The smallest absolute Gasteiger partial charge is 0.341 e. The van der Waals surface area contributed by atoms with Crippen LogP contribution in [0.25, 0.3) is 0 Å². The van der Waals surface area contributed by atoms with Crippen molar-refractivity contribution in [2.24, 2.45) is 0 Å². The molecule has 3 aromatic carbocycles. The van der Waals surface area contributed by atoms with Crippen LogP contribution in [-0.2, 0) is 25.5 Å². The van der Waals surface area contributed by atoms with E-state index in [1.165, 1.54) is 38.4 Å². The zero-order valence-electron chi connectivity index (χ0n) is 28.2. The molecule has 1 N–H and O–H groups in total. The van der Waals surface area contributed by atoms with Crippen LogP contribution in [0.2, 0.25) is 0 Å². The largest absolute Gasteiger partial charge is 0.493 e. The normalized spacial score (nSPS) is 14.6. The maximum Gasteiger partial charge on any atom is 0.341 e. The second kappa shape index (κ2) is 17.1. The van der Waals surface area contributed by atoms with Gasteiger partial charge in [0.25, 0.3) is 11.7 Å². The number of Topliss-reactive ketones (excluding diaryl/α,β-unsaturated/α-hetero) is 1. The quantitative estimate of drug-likeness (QED) is 0.127. The number of aryl methyl sites for hydroxylation is 1. The van der Waals surface area contributed by atoms with Crippen LogP contribution >= 0.6 is 0 Å². The van der Waals surface area contributed by atoms with Crippen LogP contribution in [0.4, 0.5) is 0 Å². The molecule has 13 nitrogen and oxygen atoms in total. The van der Waals surface area contributed by atoms with Gasteiger partial charge >= 0.3 is 11.9 Å². The molecular formula is C36H41NO12. The topological polar surface area (TPSA) is 156 Å². The fraction of sp³-hybridized carbons (Fsp3) is 0.389. The minimum atomic E-state index is -1.13. The highest BCUT2D eigenvalue weighted by molar-refractivity contribution is 6.43. The number of nitrogens with zero attached hydrogens (tertiary/aromatic N) is 1. The first-order valence-corrected chi connectivity index (χ1v) is 15.6. The molecule has 0 aliphatic carbocycles. The summed E-state index contributed by atoms with van der Waals surface area (Å²) in [5, 5.41) is 9.08. The highest BCUT2D eigenvalue weighted by atomic mass is 16.5. The summed E-state index contributed by atoms with van der Waals surface area (Å²) in [6, 6.07) is 13.9. The summed E-state index contributed by atoms with van der Waals surface area (Å²) in [6.45, 7) is -0.359. The third-order valence-electron chi connectivity index (χ3n) is 8.15. The third-order valence-corrected chi connectivity index (χ3v) is 8.15. The van der Waals surface area contributed by atoms with Gasteiger partial charge in [-0.1, -0.05) is 18.2 Å². The molecular weight excluding hydrogens is 638 g/mol. The Morgan fingerprint density at radius 3 is 2.14 bits per heavy atom. The molecule has 0 saturated carbocycles. The van der Waals surface area contributed by atoms with E-state index >= 15 is 0 Å². The molecule has 262 valence electrons. The number of ether oxygens (including phenoxy) is 7. The first-order chi connectivity index (χ1) is 23.6. The summed E-state index contributed by atoms with van der Waals surface area (Å²) in [5.74, 6) is -1.41. The molecule has 1 unspecified atom stereocenters. The predicted octanol–water partition coefficient (Wildman–Crippen LogP) is 4.67. The van der Waals surface area contributed by atoms with E-state index in [9.17, 15) is 19.2 Å². The third kappa shape index (κ3) is 8.92. The zero-order valence-corrected chi connectivity index (χ0v) is 28.2. The summed E-state index contributed by atoms with van der Waals surface area (Å²) in [7, 11) is 7.32. The Balaban J connectivity index is 1.60. The minimum Gasteiger partial charge on any atom is -0.493 e. The molecule has 0 bridgehead atoms. The Bertz CT molecular complexity index is 1630. The number of benzene rings is 3. The number of carboxylic acids is 1.